The summed E-state index contributed by atoms with van der Waals surface area (Å²) in [5.41, 5.74) is 3.21. The van der Waals surface area contributed by atoms with Crippen LogP contribution in [0.15, 0.2) is 60.7 Å². The molecule has 2 aromatic rings. The molecule has 2 atom stereocenters. The summed E-state index contributed by atoms with van der Waals surface area (Å²) in [6.07, 6.45) is 4.96. The minimum atomic E-state index is -0.462. The highest BCUT2D eigenvalue weighted by Gasteiger charge is 2.41. The number of rotatable bonds is 4. The number of carbonyl (C=O) groups is 1. The molecule has 2 bridgehead atoms. The number of fused-ring (bicyclic) bond motifs is 2. The van der Waals surface area contributed by atoms with E-state index in [1.165, 1.54) is 11.1 Å². The zero-order valence-corrected chi connectivity index (χ0v) is 17.4. The summed E-state index contributed by atoms with van der Waals surface area (Å²) >= 11 is 0. The molecule has 2 aliphatic rings. The van der Waals surface area contributed by atoms with Gasteiger partial charge >= 0.3 is 6.09 Å². The second kappa shape index (κ2) is 7.94. The number of carbonyl (C=O) groups excluding carboxylic acids is 1. The van der Waals surface area contributed by atoms with Crippen LogP contribution >= 0.6 is 0 Å². The number of nitrogens with zero attached hydrogens (tertiary/aromatic N) is 1. The van der Waals surface area contributed by atoms with E-state index in [4.69, 9.17) is 9.47 Å². The van der Waals surface area contributed by atoms with E-state index in [1.54, 1.807) is 0 Å². The molecule has 0 spiro atoms. The van der Waals surface area contributed by atoms with Crippen molar-refractivity contribution in [1.82, 2.24) is 4.90 Å². The summed E-state index contributed by atoms with van der Waals surface area (Å²) < 4.78 is 11.5. The van der Waals surface area contributed by atoms with Crippen molar-refractivity contribution in [3.63, 3.8) is 0 Å². The zero-order chi connectivity index (χ0) is 20.4. The molecule has 0 N–H and O–H groups in total. The molecule has 4 nitrogen and oxygen atoms in total. The second-order valence-electron chi connectivity index (χ2n) is 8.88. The molecular weight excluding hydrogens is 362 g/mol. The summed E-state index contributed by atoms with van der Waals surface area (Å²) in [6, 6.07) is 18.8. The molecule has 4 heteroatoms. The van der Waals surface area contributed by atoms with Crippen molar-refractivity contribution in [3.8, 4) is 5.75 Å². The third kappa shape index (κ3) is 4.64. The van der Waals surface area contributed by atoms with Crippen molar-refractivity contribution in [2.45, 2.75) is 64.3 Å². The van der Waals surface area contributed by atoms with E-state index in [9.17, 15) is 4.79 Å². The number of hydrogen-bond acceptors (Lipinski definition) is 3. The Hall–Kier alpha value is -2.75. The fourth-order valence-electron chi connectivity index (χ4n) is 4.15. The Morgan fingerprint density at radius 1 is 1.03 bits per heavy atom. The molecule has 152 valence electrons. The number of hydrogen-bond donors (Lipinski definition) is 0. The highest BCUT2D eigenvalue weighted by atomic mass is 16.6. The van der Waals surface area contributed by atoms with E-state index in [1.807, 2.05) is 56.0 Å². The van der Waals surface area contributed by atoms with Crippen molar-refractivity contribution in [2.24, 2.45) is 0 Å². The molecule has 4 rings (SSSR count). The fourth-order valence-corrected chi connectivity index (χ4v) is 4.15. The van der Waals surface area contributed by atoms with E-state index in [0.29, 0.717) is 6.61 Å². The maximum atomic E-state index is 12.6. The van der Waals surface area contributed by atoms with Crippen LogP contribution in [0.1, 0.15) is 51.2 Å². The molecular formula is C25H29NO3. The molecule has 1 amide bonds. The van der Waals surface area contributed by atoms with Gasteiger partial charge in [-0.05, 0) is 68.9 Å². The van der Waals surface area contributed by atoms with E-state index in [-0.39, 0.29) is 18.2 Å². The van der Waals surface area contributed by atoms with Crippen LogP contribution in [0.2, 0.25) is 0 Å². The van der Waals surface area contributed by atoms with Crippen LogP contribution in [0.4, 0.5) is 4.79 Å². The van der Waals surface area contributed by atoms with Crippen LogP contribution in [0.5, 0.6) is 5.75 Å². The summed E-state index contributed by atoms with van der Waals surface area (Å²) in [6.45, 7) is 6.32. The lowest BCUT2D eigenvalue weighted by Crippen LogP contribution is -2.45. The van der Waals surface area contributed by atoms with Gasteiger partial charge in [0, 0.05) is 6.04 Å². The third-order valence-corrected chi connectivity index (χ3v) is 5.47. The first kappa shape index (κ1) is 19.6. The van der Waals surface area contributed by atoms with Crippen molar-refractivity contribution in [3.05, 3.63) is 71.8 Å². The van der Waals surface area contributed by atoms with Crippen LogP contribution < -0.4 is 4.74 Å². The zero-order valence-electron chi connectivity index (χ0n) is 17.4. The molecule has 1 fully saturated rings. The van der Waals surface area contributed by atoms with Gasteiger partial charge in [0.2, 0.25) is 0 Å². The number of ether oxygens (including phenoxy) is 2. The topological polar surface area (TPSA) is 38.8 Å². The van der Waals surface area contributed by atoms with Gasteiger partial charge in [-0.15, -0.1) is 0 Å². The average Bonchev–Trinajstić information content (AvgIpc) is 2.96. The Kier molecular flexibility index (Phi) is 5.35. The van der Waals surface area contributed by atoms with Crippen LogP contribution in [0.25, 0.3) is 5.57 Å². The van der Waals surface area contributed by atoms with Gasteiger partial charge in [-0.1, -0.05) is 48.5 Å². The summed E-state index contributed by atoms with van der Waals surface area (Å²) in [5.74, 6) is 0.868. The Morgan fingerprint density at radius 2 is 1.76 bits per heavy atom. The normalized spacial score (nSPS) is 20.9. The molecule has 2 unspecified atom stereocenters. The van der Waals surface area contributed by atoms with Gasteiger partial charge in [-0.2, -0.15) is 0 Å². The predicted molar refractivity (Wildman–Crippen MR) is 115 cm³/mol. The molecule has 0 aromatic heterocycles. The van der Waals surface area contributed by atoms with E-state index >= 15 is 0 Å². The lowest BCUT2D eigenvalue weighted by Gasteiger charge is -2.35. The van der Waals surface area contributed by atoms with E-state index < -0.39 is 5.60 Å². The van der Waals surface area contributed by atoms with Crippen molar-refractivity contribution in [2.75, 3.05) is 0 Å². The largest absolute Gasteiger partial charge is 0.489 e. The molecule has 2 heterocycles. The van der Waals surface area contributed by atoms with Crippen molar-refractivity contribution >= 4 is 11.7 Å². The maximum absolute atomic E-state index is 12.6. The van der Waals surface area contributed by atoms with Gasteiger partial charge in [0.15, 0.2) is 0 Å². The molecule has 0 aliphatic carbocycles. The Bertz CT molecular complexity index is 881. The van der Waals surface area contributed by atoms with Gasteiger partial charge in [0.05, 0.1) is 6.04 Å². The first-order chi connectivity index (χ1) is 13.9. The van der Waals surface area contributed by atoms with Crippen LogP contribution in [-0.4, -0.2) is 28.7 Å². The van der Waals surface area contributed by atoms with Crippen molar-refractivity contribution in [1.29, 1.82) is 0 Å². The maximum Gasteiger partial charge on any atom is 0.411 e. The molecule has 1 saturated heterocycles. The SMILES string of the molecule is CC(C)(C)OC(=O)N1C2C=C(c3ccc(OCc4ccccc4)cc3)CC1CC2. The highest BCUT2D eigenvalue weighted by Crippen LogP contribution is 2.39. The molecule has 0 saturated carbocycles. The molecule has 0 radical (unpaired) electrons. The lowest BCUT2D eigenvalue weighted by molar-refractivity contribution is 0.0175. The first-order valence-electron chi connectivity index (χ1n) is 10.4. The monoisotopic (exact) mass is 391 g/mol. The third-order valence-electron chi connectivity index (χ3n) is 5.47. The van der Waals surface area contributed by atoms with E-state index in [0.717, 1.165) is 30.6 Å². The molecule has 2 aromatic carbocycles. The Labute approximate surface area is 173 Å². The van der Waals surface area contributed by atoms with Crippen LogP contribution in [0.3, 0.4) is 0 Å². The Morgan fingerprint density at radius 3 is 2.41 bits per heavy atom. The predicted octanol–water partition coefficient (Wildman–Crippen LogP) is 5.82. The minimum absolute atomic E-state index is 0.132. The van der Waals surface area contributed by atoms with E-state index in [2.05, 4.69) is 30.3 Å². The quantitative estimate of drug-likeness (QED) is 0.659. The summed E-state index contributed by atoms with van der Waals surface area (Å²) in [4.78, 5) is 14.5. The summed E-state index contributed by atoms with van der Waals surface area (Å²) in [5, 5.41) is 0. The molecule has 29 heavy (non-hydrogen) atoms. The fraction of sp³-hybridized carbons (Fsp3) is 0.400. The van der Waals surface area contributed by atoms with Crippen LogP contribution in [0, 0.1) is 0 Å². The van der Waals surface area contributed by atoms with Crippen LogP contribution in [-0.2, 0) is 11.3 Å². The highest BCUT2D eigenvalue weighted by molar-refractivity contribution is 5.75. The smallest absolute Gasteiger partial charge is 0.411 e. The summed E-state index contributed by atoms with van der Waals surface area (Å²) in [7, 11) is 0. The lowest BCUT2D eigenvalue weighted by atomic mass is 9.95. The first-order valence-corrected chi connectivity index (χ1v) is 10.4. The molecule has 2 aliphatic heterocycles. The number of benzene rings is 2. The van der Waals surface area contributed by atoms with Gasteiger partial charge in [-0.3, -0.25) is 4.90 Å². The Balaban J connectivity index is 1.42. The number of amides is 1. The van der Waals surface area contributed by atoms with Gasteiger partial charge < -0.3 is 9.47 Å². The van der Waals surface area contributed by atoms with Gasteiger partial charge in [0.25, 0.3) is 0 Å². The van der Waals surface area contributed by atoms with Gasteiger partial charge in [-0.25, -0.2) is 4.79 Å². The standard InChI is InChI=1S/C25H29NO3/c1-25(2,3)29-24(27)26-21-11-12-22(26)16-20(15-21)19-9-13-23(14-10-19)28-17-18-7-5-4-6-8-18/h4-10,13-15,21-22H,11-12,16-17H2,1-3H3. The van der Waals surface area contributed by atoms with Crippen molar-refractivity contribution < 1.29 is 14.3 Å². The second-order valence-corrected chi connectivity index (χ2v) is 8.88. The average molecular weight is 392 g/mol. The van der Waals surface area contributed by atoms with Gasteiger partial charge in [0.1, 0.15) is 18.0 Å². The minimum Gasteiger partial charge on any atom is -0.489 e.